The first-order valence-electron chi connectivity index (χ1n) is 9.94. The molecule has 0 fully saturated rings. The second kappa shape index (κ2) is 7.08. The zero-order chi connectivity index (χ0) is 22.6. The summed E-state index contributed by atoms with van der Waals surface area (Å²) in [6.45, 7) is 2.38. The first-order valence-corrected chi connectivity index (χ1v) is 9.94. The fraction of sp³-hybridized carbons (Fsp3) is 0.174. The highest BCUT2D eigenvalue weighted by Gasteiger charge is 2.35. The molecule has 6 nitrogen and oxygen atoms in total. The highest BCUT2D eigenvalue weighted by molar-refractivity contribution is 5.99. The standard InChI is InChI=1S/C23H18F3N5O/c1-13(14-5-3-2-4-6-14)30-11-16-9-15(7-8-17(16)22(30)32)18-10-28-21-20(27)29-19(12-31(18)21)23(24,25)26/h2-10,12-13H,11H2,1H3,(H2,27,29). The van der Waals surface area contributed by atoms with Crippen molar-refractivity contribution in [1.29, 1.82) is 0 Å². The molecule has 162 valence electrons. The quantitative estimate of drug-likeness (QED) is 0.504. The monoisotopic (exact) mass is 437 g/mol. The summed E-state index contributed by atoms with van der Waals surface area (Å²) in [5.41, 5.74) is 8.25. The molecular formula is C23H18F3N5O. The van der Waals surface area contributed by atoms with E-state index in [1.165, 1.54) is 10.6 Å². The Morgan fingerprint density at radius 3 is 2.59 bits per heavy atom. The first kappa shape index (κ1) is 20.0. The van der Waals surface area contributed by atoms with E-state index < -0.39 is 11.9 Å². The topological polar surface area (TPSA) is 76.5 Å². The lowest BCUT2D eigenvalue weighted by Crippen LogP contribution is -2.27. The Kier molecular flexibility index (Phi) is 4.44. The van der Waals surface area contributed by atoms with Gasteiger partial charge in [0.05, 0.1) is 17.9 Å². The Bertz CT molecular complexity index is 1350. The molecule has 3 heterocycles. The van der Waals surface area contributed by atoms with Crippen LogP contribution in [0.3, 0.4) is 0 Å². The van der Waals surface area contributed by atoms with E-state index >= 15 is 0 Å². The summed E-state index contributed by atoms with van der Waals surface area (Å²) in [7, 11) is 0. The van der Waals surface area contributed by atoms with Crippen molar-refractivity contribution in [3.63, 3.8) is 0 Å². The molecule has 4 aromatic rings. The number of carbonyl (C=O) groups excluding carboxylic acids is 1. The van der Waals surface area contributed by atoms with Crippen molar-refractivity contribution in [2.24, 2.45) is 0 Å². The van der Waals surface area contributed by atoms with Crippen molar-refractivity contribution in [3.05, 3.63) is 83.3 Å². The van der Waals surface area contributed by atoms with E-state index in [0.717, 1.165) is 17.3 Å². The fourth-order valence-corrected chi connectivity index (χ4v) is 4.09. The van der Waals surface area contributed by atoms with Crippen LogP contribution in [-0.2, 0) is 12.7 Å². The van der Waals surface area contributed by atoms with Gasteiger partial charge in [0.25, 0.3) is 5.91 Å². The molecule has 1 amide bonds. The molecule has 2 aromatic heterocycles. The van der Waals surface area contributed by atoms with Gasteiger partial charge < -0.3 is 10.6 Å². The molecule has 5 rings (SSSR count). The van der Waals surface area contributed by atoms with Gasteiger partial charge >= 0.3 is 6.18 Å². The average molecular weight is 437 g/mol. The van der Waals surface area contributed by atoms with Gasteiger partial charge in [0.15, 0.2) is 17.2 Å². The second-order valence-electron chi connectivity index (χ2n) is 7.74. The second-order valence-corrected chi connectivity index (χ2v) is 7.74. The minimum Gasteiger partial charge on any atom is -0.381 e. The first-order chi connectivity index (χ1) is 15.2. The van der Waals surface area contributed by atoms with E-state index in [9.17, 15) is 18.0 Å². The van der Waals surface area contributed by atoms with Crippen LogP contribution >= 0.6 is 0 Å². The lowest BCUT2D eigenvalue weighted by molar-refractivity contribution is -0.141. The van der Waals surface area contributed by atoms with E-state index in [-0.39, 0.29) is 23.4 Å². The molecule has 32 heavy (non-hydrogen) atoms. The van der Waals surface area contributed by atoms with Gasteiger partial charge in [0, 0.05) is 23.9 Å². The molecule has 0 radical (unpaired) electrons. The summed E-state index contributed by atoms with van der Waals surface area (Å²) < 4.78 is 41.0. The molecule has 2 N–H and O–H groups in total. The Morgan fingerprint density at radius 2 is 1.88 bits per heavy atom. The van der Waals surface area contributed by atoms with Crippen molar-refractivity contribution in [2.45, 2.75) is 25.7 Å². The number of nitrogens with two attached hydrogens (primary N) is 1. The number of alkyl halides is 3. The number of nitrogen functional groups attached to an aromatic ring is 1. The predicted molar refractivity (Wildman–Crippen MR) is 113 cm³/mol. The minimum absolute atomic E-state index is 0.0751. The third-order valence-corrected chi connectivity index (χ3v) is 5.79. The SMILES string of the molecule is CC(c1ccccc1)N1Cc2cc(-c3cnc4c(N)nc(C(F)(F)F)cn34)ccc2C1=O. The maximum absolute atomic E-state index is 13.2. The van der Waals surface area contributed by atoms with Crippen molar-refractivity contribution in [3.8, 4) is 11.3 Å². The maximum Gasteiger partial charge on any atom is 0.434 e. The van der Waals surface area contributed by atoms with Crippen molar-refractivity contribution in [1.82, 2.24) is 19.3 Å². The number of aromatic nitrogens is 3. The summed E-state index contributed by atoms with van der Waals surface area (Å²) in [5.74, 6) is -0.376. The van der Waals surface area contributed by atoms with Crippen molar-refractivity contribution in [2.75, 3.05) is 5.73 Å². The number of nitrogens with zero attached hydrogens (tertiary/aromatic N) is 4. The van der Waals surface area contributed by atoms with Crippen LogP contribution in [0.25, 0.3) is 16.9 Å². The van der Waals surface area contributed by atoms with E-state index in [1.54, 1.807) is 17.0 Å². The molecule has 2 aromatic carbocycles. The van der Waals surface area contributed by atoms with E-state index in [4.69, 9.17) is 5.73 Å². The van der Waals surface area contributed by atoms with Crippen LogP contribution in [0.15, 0.2) is 60.9 Å². The van der Waals surface area contributed by atoms with E-state index in [0.29, 0.717) is 23.4 Å². The van der Waals surface area contributed by atoms with Gasteiger partial charge in [0.1, 0.15) is 0 Å². The number of fused-ring (bicyclic) bond motifs is 2. The number of imidazole rings is 1. The van der Waals surface area contributed by atoms with Gasteiger partial charge in [-0.05, 0) is 30.2 Å². The zero-order valence-corrected chi connectivity index (χ0v) is 17.0. The third-order valence-electron chi connectivity index (χ3n) is 5.79. The molecule has 0 bridgehead atoms. The molecular weight excluding hydrogens is 419 g/mol. The number of rotatable bonds is 3. The molecule has 9 heteroatoms. The molecule has 0 saturated heterocycles. The highest BCUT2D eigenvalue weighted by atomic mass is 19.4. The van der Waals surface area contributed by atoms with Crippen LogP contribution in [0.1, 0.15) is 40.1 Å². The number of benzene rings is 2. The maximum atomic E-state index is 13.2. The molecule has 1 unspecified atom stereocenters. The van der Waals surface area contributed by atoms with Crippen LogP contribution < -0.4 is 5.73 Å². The van der Waals surface area contributed by atoms with Gasteiger partial charge in [0.2, 0.25) is 0 Å². The molecule has 1 aliphatic rings. The Morgan fingerprint density at radius 1 is 1.12 bits per heavy atom. The van der Waals surface area contributed by atoms with Crippen LogP contribution in [0.2, 0.25) is 0 Å². The van der Waals surface area contributed by atoms with Crippen LogP contribution in [0.5, 0.6) is 0 Å². The van der Waals surface area contributed by atoms with Crippen LogP contribution in [0, 0.1) is 0 Å². The predicted octanol–water partition coefficient (Wildman–Crippen LogP) is 4.71. The number of halogens is 3. The van der Waals surface area contributed by atoms with Crippen molar-refractivity contribution >= 4 is 17.4 Å². The van der Waals surface area contributed by atoms with Crippen LogP contribution in [0.4, 0.5) is 19.0 Å². The molecule has 1 aliphatic heterocycles. The minimum atomic E-state index is -4.64. The smallest absolute Gasteiger partial charge is 0.381 e. The number of carbonyl (C=O) groups is 1. The van der Waals surface area contributed by atoms with E-state index in [2.05, 4.69) is 9.97 Å². The zero-order valence-electron chi connectivity index (χ0n) is 17.0. The lowest BCUT2D eigenvalue weighted by Gasteiger charge is -2.24. The normalized spacial score (nSPS) is 14.8. The van der Waals surface area contributed by atoms with Gasteiger partial charge in [-0.25, -0.2) is 9.97 Å². The summed E-state index contributed by atoms with van der Waals surface area (Å²) in [4.78, 5) is 22.3. The number of hydrogen-bond donors (Lipinski definition) is 1. The highest BCUT2D eigenvalue weighted by Crippen LogP contribution is 2.35. The Hall–Kier alpha value is -3.88. The average Bonchev–Trinajstić information content (AvgIpc) is 3.34. The summed E-state index contributed by atoms with van der Waals surface area (Å²) >= 11 is 0. The van der Waals surface area contributed by atoms with Gasteiger partial charge in [-0.2, -0.15) is 13.2 Å². The summed E-state index contributed by atoms with van der Waals surface area (Å²) in [6.07, 6.45) is -2.30. The summed E-state index contributed by atoms with van der Waals surface area (Å²) in [6, 6.07) is 14.8. The van der Waals surface area contributed by atoms with E-state index in [1.807, 2.05) is 43.3 Å². The largest absolute Gasteiger partial charge is 0.434 e. The lowest BCUT2D eigenvalue weighted by atomic mass is 10.0. The van der Waals surface area contributed by atoms with Gasteiger partial charge in [-0.3, -0.25) is 9.20 Å². The third kappa shape index (κ3) is 3.17. The number of anilines is 1. The van der Waals surface area contributed by atoms with Crippen LogP contribution in [-0.4, -0.2) is 25.2 Å². The fourth-order valence-electron chi connectivity index (χ4n) is 4.09. The molecule has 1 atom stereocenters. The number of hydrogen-bond acceptors (Lipinski definition) is 4. The molecule has 0 aliphatic carbocycles. The summed E-state index contributed by atoms with van der Waals surface area (Å²) in [5, 5.41) is 0. The number of amides is 1. The van der Waals surface area contributed by atoms with Gasteiger partial charge in [-0.1, -0.05) is 36.4 Å². The van der Waals surface area contributed by atoms with Crippen molar-refractivity contribution < 1.29 is 18.0 Å². The van der Waals surface area contributed by atoms with Gasteiger partial charge in [-0.15, -0.1) is 0 Å². The Balaban J connectivity index is 1.53. The molecule has 0 spiro atoms. The Labute approximate surface area is 181 Å². The molecule has 0 saturated carbocycles.